The van der Waals surface area contributed by atoms with Gasteiger partial charge in [0.2, 0.25) is 0 Å². The van der Waals surface area contributed by atoms with Crippen LogP contribution in [-0.4, -0.2) is 66.5 Å². The second-order valence-corrected chi connectivity index (χ2v) is 9.18. The normalized spacial score (nSPS) is 12.8. The number of carbonyl (C=O) groups excluding carboxylic acids is 4. The minimum Gasteiger partial charge on any atom is -0.461 e. The molecular formula is C30H32N4O6. The van der Waals surface area contributed by atoms with Crippen LogP contribution in [0.5, 0.6) is 0 Å². The molecule has 1 aliphatic rings. The van der Waals surface area contributed by atoms with E-state index in [9.17, 15) is 19.2 Å². The van der Waals surface area contributed by atoms with Crippen LogP contribution in [0.1, 0.15) is 27.9 Å². The van der Waals surface area contributed by atoms with Crippen molar-refractivity contribution in [2.24, 2.45) is 0 Å². The number of ether oxygens (including phenoxy) is 2. The summed E-state index contributed by atoms with van der Waals surface area (Å²) in [6.45, 7) is 1.93. The van der Waals surface area contributed by atoms with Crippen molar-refractivity contribution < 1.29 is 28.7 Å². The number of hydrogen-bond acceptors (Lipinski definition) is 6. The SMILES string of the molecule is O=C(CCNC(=O)c1cccc(NC(=O)N2CCN(C(=O)OCc3ccccc3)CC2)c1)OCc1ccccc1. The van der Waals surface area contributed by atoms with E-state index in [0.29, 0.717) is 37.4 Å². The van der Waals surface area contributed by atoms with Crippen molar-refractivity contribution in [2.75, 3.05) is 38.0 Å². The van der Waals surface area contributed by atoms with Crippen LogP contribution in [0.2, 0.25) is 0 Å². The minimum atomic E-state index is -0.410. The largest absolute Gasteiger partial charge is 0.461 e. The molecule has 0 atom stereocenters. The Morgan fingerprint density at radius 2 is 1.30 bits per heavy atom. The Morgan fingerprint density at radius 3 is 1.95 bits per heavy atom. The van der Waals surface area contributed by atoms with Gasteiger partial charge in [-0.3, -0.25) is 9.59 Å². The molecule has 0 bridgehead atoms. The van der Waals surface area contributed by atoms with E-state index in [1.165, 1.54) is 0 Å². The number of amides is 4. The summed E-state index contributed by atoms with van der Waals surface area (Å²) in [5.41, 5.74) is 2.61. The first-order valence-corrected chi connectivity index (χ1v) is 13.1. The molecule has 10 nitrogen and oxygen atoms in total. The van der Waals surface area contributed by atoms with Gasteiger partial charge in [0, 0.05) is 44.0 Å². The first kappa shape index (κ1) is 28.2. The third-order valence-electron chi connectivity index (χ3n) is 6.26. The van der Waals surface area contributed by atoms with Gasteiger partial charge in [-0.15, -0.1) is 0 Å². The van der Waals surface area contributed by atoms with Crippen LogP contribution in [0.25, 0.3) is 0 Å². The second kappa shape index (κ2) is 14.3. The molecule has 208 valence electrons. The summed E-state index contributed by atoms with van der Waals surface area (Å²) in [7, 11) is 0. The molecule has 0 spiro atoms. The van der Waals surface area contributed by atoms with Crippen LogP contribution in [-0.2, 0) is 27.5 Å². The fourth-order valence-electron chi connectivity index (χ4n) is 4.03. The Kier molecular flexibility index (Phi) is 10.1. The number of esters is 1. The highest BCUT2D eigenvalue weighted by Gasteiger charge is 2.25. The molecule has 0 aliphatic carbocycles. The maximum Gasteiger partial charge on any atom is 0.410 e. The Bertz CT molecular complexity index is 1290. The lowest BCUT2D eigenvalue weighted by Gasteiger charge is -2.34. The molecule has 1 heterocycles. The average molecular weight is 545 g/mol. The highest BCUT2D eigenvalue weighted by molar-refractivity contribution is 5.97. The number of anilines is 1. The average Bonchev–Trinajstić information content (AvgIpc) is 3.00. The monoisotopic (exact) mass is 544 g/mol. The summed E-state index contributed by atoms with van der Waals surface area (Å²) in [5.74, 6) is -0.774. The van der Waals surface area contributed by atoms with Gasteiger partial charge in [0.1, 0.15) is 13.2 Å². The molecular weight excluding hydrogens is 512 g/mol. The van der Waals surface area contributed by atoms with Crippen LogP contribution in [0.4, 0.5) is 15.3 Å². The molecule has 0 radical (unpaired) electrons. The van der Waals surface area contributed by atoms with E-state index in [4.69, 9.17) is 9.47 Å². The molecule has 4 amide bonds. The predicted molar refractivity (Wildman–Crippen MR) is 148 cm³/mol. The van der Waals surface area contributed by atoms with E-state index in [1.54, 1.807) is 34.1 Å². The number of piperazine rings is 1. The van der Waals surface area contributed by atoms with Gasteiger partial charge in [0.25, 0.3) is 5.91 Å². The summed E-state index contributed by atoms with van der Waals surface area (Å²) in [6.07, 6.45) is -0.368. The molecule has 0 saturated carbocycles. The van der Waals surface area contributed by atoms with E-state index >= 15 is 0 Å². The lowest BCUT2D eigenvalue weighted by Crippen LogP contribution is -2.51. The summed E-state index contributed by atoms with van der Waals surface area (Å²) in [4.78, 5) is 52.8. The molecule has 0 unspecified atom stereocenters. The van der Waals surface area contributed by atoms with E-state index in [0.717, 1.165) is 11.1 Å². The van der Waals surface area contributed by atoms with Gasteiger partial charge in [-0.2, -0.15) is 0 Å². The molecule has 40 heavy (non-hydrogen) atoms. The van der Waals surface area contributed by atoms with Gasteiger partial charge >= 0.3 is 18.1 Å². The molecule has 1 fully saturated rings. The third kappa shape index (κ3) is 8.59. The maximum absolute atomic E-state index is 12.8. The fourth-order valence-corrected chi connectivity index (χ4v) is 4.03. The second-order valence-electron chi connectivity index (χ2n) is 9.18. The number of urea groups is 1. The number of rotatable bonds is 9. The molecule has 3 aromatic rings. The molecule has 0 aromatic heterocycles. The van der Waals surface area contributed by atoms with Crippen molar-refractivity contribution in [2.45, 2.75) is 19.6 Å². The number of benzene rings is 3. The maximum atomic E-state index is 12.8. The highest BCUT2D eigenvalue weighted by Crippen LogP contribution is 2.13. The Labute approximate surface area is 232 Å². The van der Waals surface area contributed by atoms with Gasteiger partial charge in [-0.25, -0.2) is 9.59 Å². The van der Waals surface area contributed by atoms with E-state index in [-0.39, 0.29) is 38.1 Å². The topological polar surface area (TPSA) is 117 Å². The zero-order valence-corrected chi connectivity index (χ0v) is 22.1. The van der Waals surface area contributed by atoms with Crippen LogP contribution >= 0.6 is 0 Å². The third-order valence-corrected chi connectivity index (χ3v) is 6.26. The molecule has 1 aliphatic heterocycles. The number of nitrogens with one attached hydrogen (secondary N) is 2. The quantitative estimate of drug-likeness (QED) is 0.393. The Balaban J connectivity index is 1.16. The zero-order valence-electron chi connectivity index (χ0n) is 22.1. The first-order valence-electron chi connectivity index (χ1n) is 13.1. The highest BCUT2D eigenvalue weighted by atomic mass is 16.6. The van der Waals surface area contributed by atoms with Gasteiger partial charge in [-0.1, -0.05) is 66.7 Å². The first-order chi connectivity index (χ1) is 19.5. The molecule has 4 rings (SSSR count). The van der Waals surface area contributed by atoms with E-state index in [1.807, 2.05) is 60.7 Å². The number of carbonyl (C=O) groups is 4. The smallest absolute Gasteiger partial charge is 0.410 e. The molecule has 10 heteroatoms. The predicted octanol–water partition coefficient (Wildman–Crippen LogP) is 4.04. The lowest BCUT2D eigenvalue weighted by atomic mass is 10.2. The van der Waals surface area contributed by atoms with Crippen molar-refractivity contribution in [1.82, 2.24) is 15.1 Å². The Hall–Kier alpha value is -4.86. The fraction of sp³-hybridized carbons (Fsp3) is 0.267. The van der Waals surface area contributed by atoms with Crippen LogP contribution < -0.4 is 10.6 Å². The van der Waals surface area contributed by atoms with E-state index in [2.05, 4.69) is 10.6 Å². The number of nitrogens with zero attached hydrogens (tertiary/aromatic N) is 2. The van der Waals surface area contributed by atoms with Crippen molar-refractivity contribution in [3.05, 3.63) is 102 Å². The summed E-state index contributed by atoms with van der Waals surface area (Å²) >= 11 is 0. The molecule has 1 saturated heterocycles. The van der Waals surface area contributed by atoms with Gasteiger partial charge < -0.3 is 29.9 Å². The summed E-state index contributed by atoms with van der Waals surface area (Å²) < 4.78 is 10.6. The number of hydrogen-bond donors (Lipinski definition) is 2. The van der Waals surface area contributed by atoms with Crippen LogP contribution in [0.15, 0.2) is 84.9 Å². The standard InChI is InChI=1S/C30H32N4O6/c35-27(39-21-23-8-3-1-4-9-23)14-15-31-28(36)25-12-7-13-26(20-25)32-29(37)33-16-18-34(19-17-33)30(38)40-22-24-10-5-2-6-11-24/h1-13,20H,14-19,21-22H2,(H,31,36)(H,32,37). The minimum absolute atomic E-state index is 0.0424. The Morgan fingerprint density at radius 1 is 0.700 bits per heavy atom. The van der Waals surface area contributed by atoms with Crippen molar-refractivity contribution >= 4 is 29.7 Å². The molecule has 2 N–H and O–H groups in total. The van der Waals surface area contributed by atoms with Crippen LogP contribution in [0, 0.1) is 0 Å². The van der Waals surface area contributed by atoms with Crippen molar-refractivity contribution in [3.8, 4) is 0 Å². The van der Waals surface area contributed by atoms with Crippen molar-refractivity contribution in [1.29, 1.82) is 0 Å². The van der Waals surface area contributed by atoms with Crippen molar-refractivity contribution in [3.63, 3.8) is 0 Å². The summed E-state index contributed by atoms with van der Waals surface area (Å²) in [5, 5.41) is 5.50. The zero-order chi connectivity index (χ0) is 28.2. The lowest BCUT2D eigenvalue weighted by molar-refractivity contribution is -0.144. The van der Waals surface area contributed by atoms with Gasteiger partial charge in [0.15, 0.2) is 0 Å². The molecule has 3 aromatic carbocycles. The van der Waals surface area contributed by atoms with Crippen LogP contribution in [0.3, 0.4) is 0 Å². The van der Waals surface area contributed by atoms with Gasteiger partial charge in [0.05, 0.1) is 6.42 Å². The van der Waals surface area contributed by atoms with E-state index < -0.39 is 12.1 Å². The van der Waals surface area contributed by atoms with Gasteiger partial charge in [-0.05, 0) is 29.3 Å². The summed E-state index contributed by atoms with van der Waals surface area (Å²) in [6, 6.07) is 25.0.